The SMILES string of the molecule is C=CC(c1ccc(Oc2ccccc2)cc1)S(=O)(=O)n1c(C(C)C(=O)O)cc2cc(Cl)ccc21. The summed E-state index contributed by atoms with van der Waals surface area (Å²) in [6.45, 7) is 5.19. The summed E-state index contributed by atoms with van der Waals surface area (Å²) in [5.74, 6) is -0.986. The second-order valence-electron chi connectivity index (χ2n) is 7.78. The molecule has 1 heterocycles. The van der Waals surface area contributed by atoms with E-state index in [0.717, 1.165) is 3.97 Å². The molecule has 0 amide bonds. The lowest BCUT2D eigenvalue weighted by Gasteiger charge is -2.20. The number of hydrogen-bond donors (Lipinski definition) is 1. The molecule has 0 saturated heterocycles. The zero-order valence-corrected chi connectivity index (χ0v) is 19.8. The molecule has 174 valence electrons. The van der Waals surface area contributed by atoms with Crippen LogP contribution in [0.3, 0.4) is 0 Å². The monoisotopic (exact) mass is 495 g/mol. The van der Waals surface area contributed by atoms with Gasteiger partial charge in [0, 0.05) is 16.1 Å². The Balaban J connectivity index is 1.78. The van der Waals surface area contributed by atoms with Crippen LogP contribution >= 0.6 is 11.6 Å². The van der Waals surface area contributed by atoms with Crippen molar-refractivity contribution in [2.24, 2.45) is 0 Å². The van der Waals surface area contributed by atoms with Gasteiger partial charge in [-0.15, -0.1) is 6.58 Å². The van der Waals surface area contributed by atoms with Crippen LogP contribution in [0.2, 0.25) is 5.02 Å². The molecular formula is C26H22ClNO5S. The van der Waals surface area contributed by atoms with Crippen molar-refractivity contribution in [3.8, 4) is 11.5 Å². The van der Waals surface area contributed by atoms with Gasteiger partial charge in [-0.1, -0.05) is 48.0 Å². The molecule has 0 aliphatic heterocycles. The highest BCUT2D eigenvalue weighted by molar-refractivity contribution is 7.90. The van der Waals surface area contributed by atoms with Crippen molar-refractivity contribution < 1.29 is 23.1 Å². The Kier molecular flexibility index (Phi) is 6.50. The minimum absolute atomic E-state index is 0.139. The van der Waals surface area contributed by atoms with Gasteiger partial charge in [-0.2, -0.15) is 0 Å². The van der Waals surface area contributed by atoms with Gasteiger partial charge in [0.2, 0.25) is 10.0 Å². The number of fused-ring (bicyclic) bond motifs is 1. The molecule has 2 unspecified atom stereocenters. The van der Waals surface area contributed by atoms with Crippen molar-refractivity contribution in [1.29, 1.82) is 0 Å². The first-order chi connectivity index (χ1) is 16.2. The van der Waals surface area contributed by atoms with Gasteiger partial charge in [-0.05, 0) is 61.0 Å². The highest BCUT2D eigenvalue weighted by atomic mass is 35.5. The molecule has 0 fully saturated rings. The van der Waals surface area contributed by atoms with Gasteiger partial charge in [0.05, 0.1) is 11.4 Å². The predicted octanol–water partition coefficient (Wildman–Crippen LogP) is 6.38. The van der Waals surface area contributed by atoms with E-state index in [-0.39, 0.29) is 5.69 Å². The van der Waals surface area contributed by atoms with Gasteiger partial charge >= 0.3 is 5.97 Å². The van der Waals surface area contributed by atoms with E-state index in [2.05, 4.69) is 6.58 Å². The summed E-state index contributed by atoms with van der Waals surface area (Å²) in [7, 11) is -4.13. The van der Waals surface area contributed by atoms with Crippen LogP contribution in [0.15, 0.2) is 91.5 Å². The van der Waals surface area contributed by atoms with E-state index in [0.29, 0.717) is 33.0 Å². The molecule has 2 atom stereocenters. The summed E-state index contributed by atoms with van der Waals surface area (Å²) >= 11 is 6.09. The van der Waals surface area contributed by atoms with Gasteiger partial charge in [0.15, 0.2) is 0 Å². The van der Waals surface area contributed by atoms with Crippen LogP contribution in [0.25, 0.3) is 10.9 Å². The van der Waals surface area contributed by atoms with E-state index in [1.807, 2.05) is 30.3 Å². The molecule has 0 radical (unpaired) electrons. The fourth-order valence-corrected chi connectivity index (χ4v) is 5.88. The van der Waals surface area contributed by atoms with Crippen molar-refractivity contribution in [3.63, 3.8) is 0 Å². The minimum Gasteiger partial charge on any atom is -0.481 e. The van der Waals surface area contributed by atoms with Crippen molar-refractivity contribution in [3.05, 3.63) is 108 Å². The number of aromatic nitrogens is 1. The van der Waals surface area contributed by atoms with Crippen molar-refractivity contribution >= 4 is 38.5 Å². The Hall–Kier alpha value is -3.55. The second-order valence-corrected chi connectivity index (χ2v) is 10.1. The zero-order chi connectivity index (χ0) is 24.5. The number of para-hydroxylation sites is 1. The molecule has 0 bridgehead atoms. The van der Waals surface area contributed by atoms with E-state index in [1.54, 1.807) is 48.5 Å². The molecule has 4 rings (SSSR count). The van der Waals surface area contributed by atoms with E-state index in [1.165, 1.54) is 13.0 Å². The second kappa shape index (κ2) is 9.37. The molecule has 3 aromatic carbocycles. The van der Waals surface area contributed by atoms with E-state index >= 15 is 0 Å². The fourth-order valence-electron chi connectivity index (χ4n) is 3.79. The standard InChI is InChI=1S/C26H22ClNO5S/c1-3-25(18-9-12-22(13-10-18)33-21-7-5-4-6-8-21)34(31,32)28-23-14-11-20(27)15-19(23)16-24(28)17(2)26(29)30/h3-17,25H,1H2,2H3,(H,29,30). The third kappa shape index (κ3) is 4.44. The lowest BCUT2D eigenvalue weighted by atomic mass is 10.1. The Morgan fingerprint density at radius 2 is 1.68 bits per heavy atom. The number of aliphatic carboxylic acids is 1. The topological polar surface area (TPSA) is 85.6 Å². The molecule has 0 spiro atoms. The smallest absolute Gasteiger partial charge is 0.312 e. The van der Waals surface area contributed by atoms with Gasteiger partial charge in [0.25, 0.3) is 0 Å². The number of carbonyl (C=O) groups is 1. The molecule has 1 aromatic heterocycles. The molecule has 6 nitrogen and oxygen atoms in total. The van der Waals surface area contributed by atoms with Crippen molar-refractivity contribution in [2.45, 2.75) is 18.1 Å². The van der Waals surface area contributed by atoms with Gasteiger partial charge < -0.3 is 9.84 Å². The molecule has 34 heavy (non-hydrogen) atoms. The van der Waals surface area contributed by atoms with Gasteiger partial charge in [0.1, 0.15) is 16.7 Å². The normalized spacial score (nSPS) is 13.4. The molecule has 8 heteroatoms. The summed E-state index contributed by atoms with van der Waals surface area (Å²) in [5, 5.41) is 9.44. The number of rotatable bonds is 8. The maximum atomic E-state index is 13.9. The third-order valence-corrected chi connectivity index (χ3v) is 7.80. The molecular weight excluding hydrogens is 474 g/mol. The van der Waals surface area contributed by atoms with Crippen LogP contribution < -0.4 is 4.74 Å². The average Bonchev–Trinajstić information content (AvgIpc) is 3.20. The summed E-state index contributed by atoms with van der Waals surface area (Å²) in [6, 6.07) is 22.2. The molecule has 0 saturated carbocycles. The van der Waals surface area contributed by atoms with Crippen LogP contribution in [0, 0.1) is 0 Å². The first kappa shape index (κ1) is 23.6. The predicted molar refractivity (Wildman–Crippen MR) is 133 cm³/mol. The molecule has 1 N–H and O–H groups in total. The molecule has 0 aliphatic rings. The Morgan fingerprint density at radius 1 is 1.03 bits per heavy atom. The summed E-state index contributed by atoms with van der Waals surface area (Å²) in [5.41, 5.74) is 0.962. The summed E-state index contributed by atoms with van der Waals surface area (Å²) in [4.78, 5) is 11.8. The highest BCUT2D eigenvalue weighted by Gasteiger charge is 2.32. The first-order valence-corrected chi connectivity index (χ1v) is 12.3. The lowest BCUT2D eigenvalue weighted by molar-refractivity contribution is -0.138. The highest BCUT2D eigenvalue weighted by Crippen LogP contribution is 2.35. The number of carboxylic acids is 1. The zero-order valence-electron chi connectivity index (χ0n) is 18.3. The molecule has 4 aromatic rings. The number of benzene rings is 3. The Morgan fingerprint density at radius 3 is 2.29 bits per heavy atom. The lowest BCUT2D eigenvalue weighted by Crippen LogP contribution is -2.24. The summed E-state index contributed by atoms with van der Waals surface area (Å²) < 4.78 is 34.7. The maximum absolute atomic E-state index is 13.9. The quantitative estimate of drug-likeness (QED) is 0.287. The number of halogens is 1. The summed E-state index contributed by atoms with van der Waals surface area (Å²) in [6.07, 6.45) is 1.33. The van der Waals surface area contributed by atoms with Crippen molar-refractivity contribution in [1.82, 2.24) is 3.97 Å². The van der Waals surface area contributed by atoms with E-state index in [9.17, 15) is 18.3 Å². The van der Waals surface area contributed by atoms with E-state index in [4.69, 9.17) is 16.3 Å². The van der Waals surface area contributed by atoms with Gasteiger partial charge in [-0.3, -0.25) is 4.79 Å². The van der Waals surface area contributed by atoms with Crippen LogP contribution in [0.4, 0.5) is 0 Å². The number of carboxylic acid groups (broad SMARTS) is 1. The van der Waals surface area contributed by atoms with Crippen LogP contribution in [-0.2, 0) is 14.8 Å². The maximum Gasteiger partial charge on any atom is 0.312 e. The Bertz CT molecular complexity index is 1460. The number of ether oxygens (including phenoxy) is 1. The third-order valence-electron chi connectivity index (χ3n) is 5.54. The molecule has 0 aliphatic carbocycles. The van der Waals surface area contributed by atoms with Crippen molar-refractivity contribution in [2.75, 3.05) is 0 Å². The Labute approximate surface area is 202 Å². The number of hydrogen-bond acceptors (Lipinski definition) is 4. The number of nitrogens with zero attached hydrogens (tertiary/aromatic N) is 1. The fraction of sp³-hybridized carbons (Fsp3) is 0.115. The van der Waals surface area contributed by atoms with Gasteiger partial charge in [-0.25, -0.2) is 12.4 Å². The van der Waals surface area contributed by atoms with Crippen LogP contribution in [0.5, 0.6) is 11.5 Å². The minimum atomic E-state index is -4.13. The van der Waals surface area contributed by atoms with E-state index < -0.39 is 27.2 Å². The van der Waals surface area contributed by atoms with Crippen LogP contribution in [-0.4, -0.2) is 23.5 Å². The van der Waals surface area contributed by atoms with Crippen LogP contribution in [0.1, 0.15) is 29.3 Å². The average molecular weight is 496 g/mol. The largest absolute Gasteiger partial charge is 0.481 e. The first-order valence-electron chi connectivity index (χ1n) is 10.5.